The first-order chi connectivity index (χ1) is 12.7. The van der Waals surface area contributed by atoms with Crippen LogP contribution >= 0.6 is 76.0 Å². The van der Waals surface area contributed by atoms with E-state index >= 15 is 0 Å². The van der Waals surface area contributed by atoms with Gasteiger partial charge in [0.25, 0.3) is 5.97 Å². The molecule has 0 saturated carbocycles. The van der Waals surface area contributed by atoms with Crippen molar-refractivity contribution in [2.24, 2.45) is 0 Å². The van der Waals surface area contributed by atoms with E-state index in [0.29, 0.717) is 5.33 Å². The molecule has 0 aliphatic rings. The first-order valence-corrected chi connectivity index (χ1v) is 13.5. The van der Waals surface area contributed by atoms with Crippen LogP contribution in [-0.2, 0) is 4.79 Å². The van der Waals surface area contributed by atoms with E-state index in [1.165, 1.54) is 0 Å². The molecule has 0 aromatic heterocycles. The zero-order chi connectivity index (χ0) is 21.4. The summed E-state index contributed by atoms with van der Waals surface area (Å²) in [6.45, 7) is 2.64. The highest BCUT2D eigenvalue weighted by molar-refractivity contribution is 9.93. The number of hydrogen-bond donors (Lipinski definition) is 1. The van der Waals surface area contributed by atoms with Crippen LogP contribution in [0.25, 0.3) is 0 Å². The van der Waals surface area contributed by atoms with Gasteiger partial charge >= 0.3 is 0 Å². The van der Waals surface area contributed by atoms with Crippen LogP contribution in [0.4, 0.5) is 0 Å². The van der Waals surface area contributed by atoms with Gasteiger partial charge in [0.2, 0.25) is 0 Å². The summed E-state index contributed by atoms with van der Waals surface area (Å²) in [6, 6.07) is 14.7. The lowest BCUT2D eigenvalue weighted by Crippen LogP contribution is -1.98. The van der Waals surface area contributed by atoms with E-state index in [1.807, 2.05) is 36.4 Å². The van der Waals surface area contributed by atoms with E-state index < -0.39 is 5.97 Å². The predicted molar refractivity (Wildman–Crippen MR) is 128 cm³/mol. The molecule has 9 heteroatoms. The van der Waals surface area contributed by atoms with Gasteiger partial charge in [0.15, 0.2) is 11.6 Å². The zero-order valence-corrected chi connectivity index (χ0v) is 22.3. The molecule has 0 unspecified atom stereocenters. The second kappa shape index (κ2) is 17.7. The summed E-state index contributed by atoms with van der Waals surface area (Å²) in [5, 5.41) is 7.80. The van der Waals surface area contributed by atoms with Crippen molar-refractivity contribution in [2.45, 2.75) is 13.8 Å². The Hall–Kier alpha value is -0.350. The minimum atomic E-state index is -0.833. The summed E-state index contributed by atoms with van der Waals surface area (Å²) >= 11 is 15.2. The van der Waals surface area contributed by atoms with Crippen molar-refractivity contribution in [2.75, 3.05) is 5.33 Å². The number of benzene rings is 2. The average molecular weight is 697 g/mol. The van der Waals surface area contributed by atoms with E-state index in [4.69, 9.17) is 9.90 Å². The highest BCUT2D eigenvalue weighted by atomic mass is 80.9. The van der Waals surface area contributed by atoms with Crippen molar-refractivity contribution in [3.05, 3.63) is 68.6 Å². The standard InChI is InChI=1S/C8H6Br2O.C8H7BrO.C2H4O2.Br2/c9-5-8(11)6-2-1-3-7(10)4-6;1-6(10)7-3-2-4-8(9)5-7;1-2(3)4;1-2/h1-4H,5H2;2-5H,1H3;1H3,(H,3,4);. The maximum absolute atomic E-state index is 11.1. The van der Waals surface area contributed by atoms with E-state index in [-0.39, 0.29) is 11.6 Å². The number of rotatable bonds is 3. The van der Waals surface area contributed by atoms with Crippen molar-refractivity contribution in [3.63, 3.8) is 0 Å². The minimum absolute atomic E-state index is 0.0984. The lowest BCUT2D eigenvalue weighted by molar-refractivity contribution is -0.134. The topological polar surface area (TPSA) is 71.4 Å². The molecule has 0 aliphatic heterocycles. The molecule has 0 radical (unpaired) electrons. The lowest BCUT2D eigenvalue weighted by atomic mass is 10.2. The van der Waals surface area contributed by atoms with Gasteiger partial charge in [-0.05, 0) is 31.2 Å². The molecule has 0 heterocycles. The van der Waals surface area contributed by atoms with Crippen molar-refractivity contribution in [1.29, 1.82) is 0 Å². The van der Waals surface area contributed by atoms with Gasteiger partial charge in [-0.25, -0.2) is 0 Å². The quantitative estimate of drug-likeness (QED) is 0.267. The maximum atomic E-state index is 11.1. The van der Waals surface area contributed by atoms with Gasteiger partial charge in [-0.2, -0.15) is 0 Å². The molecular weight excluding hydrogens is 680 g/mol. The van der Waals surface area contributed by atoms with Gasteiger partial charge in [-0.3, -0.25) is 14.4 Å². The molecular formula is C18H17Br5O4. The van der Waals surface area contributed by atoms with E-state index in [1.54, 1.807) is 19.1 Å². The monoisotopic (exact) mass is 692 g/mol. The van der Waals surface area contributed by atoms with Gasteiger partial charge < -0.3 is 5.11 Å². The Balaban J connectivity index is 0. The first kappa shape index (κ1) is 28.9. The fourth-order valence-corrected chi connectivity index (χ4v) is 2.57. The summed E-state index contributed by atoms with van der Waals surface area (Å²) in [4.78, 5) is 30.9. The van der Waals surface area contributed by atoms with Crippen LogP contribution in [0.15, 0.2) is 57.5 Å². The third-order valence-corrected chi connectivity index (χ3v) is 3.99. The second-order valence-corrected chi connectivity index (χ2v) is 7.04. The molecule has 2 aromatic carbocycles. The summed E-state index contributed by atoms with van der Waals surface area (Å²) < 4.78 is 1.88. The second-order valence-electron chi connectivity index (χ2n) is 4.65. The molecule has 0 fully saturated rings. The maximum Gasteiger partial charge on any atom is 0.300 e. The fraction of sp³-hybridized carbons (Fsp3) is 0.167. The Morgan fingerprint density at radius 3 is 1.52 bits per heavy atom. The normalized spacial score (nSPS) is 8.56. The molecule has 27 heavy (non-hydrogen) atoms. The van der Waals surface area contributed by atoms with Crippen molar-refractivity contribution < 1.29 is 19.5 Å². The molecule has 0 bridgehead atoms. The molecule has 2 rings (SSSR count). The molecule has 2 aromatic rings. The number of carboxylic acids is 1. The van der Waals surface area contributed by atoms with Crippen LogP contribution < -0.4 is 0 Å². The Bertz CT molecular complexity index is 731. The first-order valence-electron chi connectivity index (χ1n) is 7.12. The van der Waals surface area contributed by atoms with Crippen molar-refractivity contribution in [1.82, 2.24) is 0 Å². The number of carbonyl (C=O) groups excluding carboxylic acids is 2. The van der Waals surface area contributed by atoms with E-state index in [9.17, 15) is 9.59 Å². The SMILES string of the molecule is BrBr.CC(=O)O.CC(=O)c1cccc(Br)c1.O=C(CBr)c1cccc(Br)c1. The van der Waals surface area contributed by atoms with Crippen molar-refractivity contribution in [3.8, 4) is 0 Å². The Labute approximate surface area is 199 Å². The number of carboxylic acid groups (broad SMARTS) is 1. The van der Waals surface area contributed by atoms with Gasteiger partial charge in [0, 0.05) is 55.3 Å². The Morgan fingerprint density at radius 2 is 1.22 bits per heavy atom. The number of hydrogen-bond acceptors (Lipinski definition) is 3. The number of halogens is 5. The van der Waals surface area contributed by atoms with Gasteiger partial charge in [-0.1, -0.05) is 72.1 Å². The van der Waals surface area contributed by atoms with Crippen LogP contribution in [0, 0.1) is 0 Å². The van der Waals surface area contributed by atoms with E-state index in [2.05, 4.69) is 76.0 Å². The van der Waals surface area contributed by atoms with Crippen LogP contribution in [0.3, 0.4) is 0 Å². The van der Waals surface area contributed by atoms with Crippen LogP contribution in [0.5, 0.6) is 0 Å². The summed E-state index contributed by atoms with van der Waals surface area (Å²) in [7, 11) is 0. The Morgan fingerprint density at radius 1 is 0.852 bits per heavy atom. The molecule has 4 nitrogen and oxygen atoms in total. The van der Waals surface area contributed by atoms with Crippen LogP contribution in [0.2, 0.25) is 0 Å². The molecule has 148 valence electrons. The van der Waals surface area contributed by atoms with Gasteiger partial charge in [-0.15, -0.1) is 0 Å². The van der Waals surface area contributed by atoms with Crippen LogP contribution in [-0.4, -0.2) is 28.0 Å². The molecule has 1 N–H and O–H groups in total. The third kappa shape index (κ3) is 16.3. The number of alkyl halides is 1. The summed E-state index contributed by atoms with van der Waals surface area (Å²) in [5.41, 5.74) is 1.48. The predicted octanol–water partition coefficient (Wildman–Crippen LogP) is 7.46. The molecule has 0 spiro atoms. The zero-order valence-electron chi connectivity index (χ0n) is 14.4. The van der Waals surface area contributed by atoms with E-state index in [0.717, 1.165) is 27.0 Å². The number of carbonyl (C=O) groups is 3. The van der Waals surface area contributed by atoms with Gasteiger partial charge in [0.1, 0.15) is 0 Å². The van der Waals surface area contributed by atoms with Crippen molar-refractivity contribution >= 4 is 93.6 Å². The smallest absolute Gasteiger partial charge is 0.300 e. The molecule has 0 aliphatic carbocycles. The number of Topliss-reactive ketones (excluding diaryl/α,β-unsaturated/α-hetero) is 2. The highest BCUT2D eigenvalue weighted by Crippen LogP contribution is 2.12. The highest BCUT2D eigenvalue weighted by Gasteiger charge is 2.02. The molecule has 0 atom stereocenters. The number of aliphatic carboxylic acids is 1. The van der Waals surface area contributed by atoms with Gasteiger partial charge in [0.05, 0.1) is 5.33 Å². The Kier molecular flexibility index (Phi) is 18.9. The molecule has 0 saturated heterocycles. The summed E-state index contributed by atoms with van der Waals surface area (Å²) in [5.74, 6) is -0.632. The number of ketones is 2. The average Bonchev–Trinajstić information content (AvgIpc) is 2.63. The minimum Gasteiger partial charge on any atom is -0.481 e. The molecule has 0 amide bonds. The lowest BCUT2D eigenvalue weighted by Gasteiger charge is -1.95. The largest absolute Gasteiger partial charge is 0.481 e. The fourth-order valence-electron chi connectivity index (χ4n) is 1.45. The summed E-state index contributed by atoms with van der Waals surface area (Å²) in [6.07, 6.45) is 0. The third-order valence-electron chi connectivity index (χ3n) is 2.50. The van der Waals surface area contributed by atoms with Crippen LogP contribution in [0.1, 0.15) is 34.6 Å².